The van der Waals surface area contributed by atoms with Crippen molar-refractivity contribution in [1.29, 1.82) is 0 Å². The van der Waals surface area contributed by atoms with Crippen LogP contribution in [-0.2, 0) is 14.0 Å². The highest BCUT2D eigenvalue weighted by Crippen LogP contribution is 2.36. The first kappa shape index (κ1) is 25.3. The number of rotatable bonds is 10. The minimum Gasteiger partial charge on any atom is -0.466 e. The maximum Gasteiger partial charge on any atom is 0.311 e. The van der Waals surface area contributed by atoms with Crippen molar-refractivity contribution < 1.29 is 24.2 Å². The number of carbonyl (C=O) groups excluding carboxylic acids is 1. The van der Waals surface area contributed by atoms with Crippen molar-refractivity contribution in [1.82, 2.24) is 0 Å². The molecule has 0 saturated carbocycles. The molecule has 2 rings (SSSR count). The van der Waals surface area contributed by atoms with E-state index in [-0.39, 0.29) is 24.7 Å². The van der Waals surface area contributed by atoms with Crippen molar-refractivity contribution in [2.75, 3.05) is 13.2 Å². The minimum absolute atomic E-state index is 0.0399. The van der Waals surface area contributed by atoms with Gasteiger partial charge in [0.05, 0.1) is 31.3 Å². The highest BCUT2D eigenvalue weighted by Gasteiger charge is 2.50. The Labute approximate surface area is 187 Å². The van der Waals surface area contributed by atoms with Crippen LogP contribution in [0.3, 0.4) is 0 Å². The lowest BCUT2D eigenvalue weighted by atomic mass is 9.99. The summed E-state index contributed by atoms with van der Waals surface area (Å²) in [5.41, 5.74) is 0. The third-order valence-electron chi connectivity index (χ3n) is 5.66. The van der Waals surface area contributed by atoms with Crippen LogP contribution in [-0.4, -0.2) is 49.9 Å². The molecule has 0 fully saturated rings. The number of carbonyl (C=O) groups is 1. The number of hydrogen-bond acceptors (Lipinski definition) is 5. The number of aliphatic hydroxyl groups excluding tert-OH is 2. The number of ether oxygens (including phenoxy) is 1. The van der Waals surface area contributed by atoms with Gasteiger partial charge in [-0.2, -0.15) is 0 Å². The molecule has 170 valence electrons. The van der Waals surface area contributed by atoms with Crippen molar-refractivity contribution in [3.05, 3.63) is 60.7 Å². The summed E-state index contributed by atoms with van der Waals surface area (Å²) in [4.78, 5) is 11.9. The summed E-state index contributed by atoms with van der Waals surface area (Å²) in [7, 11) is -2.76. The zero-order valence-electron chi connectivity index (χ0n) is 19.2. The quantitative estimate of drug-likeness (QED) is 0.435. The molecule has 0 heterocycles. The van der Waals surface area contributed by atoms with Gasteiger partial charge in [-0.1, -0.05) is 81.4 Å². The van der Waals surface area contributed by atoms with E-state index in [2.05, 4.69) is 45.0 Å². The number of hydrogen-bond donors (Lipinski definition) is 2. The fourth-order valence-electron chi connectivity index (χ4n) is 3.96. The number of benzene rings is 2. The van der Waals surface area contributed by atoms with Crippen LogP contribution in [0.15, 0.2) is 60.7 Å². The van der Waals surface area contributed by atoms with Crippen LogP contribution >= 0.6 is 0 Å². The molecule has 0 aromatic heterocycles. The van der Waals surface area contributed by atoms with Gasteiger partial charge >= 0.3 is 5.97 Å². The summed E-state index contributed by atoms with van der Waals surface area (Å²) in [6.07, 6.45) is -1.87. The van der Waals surface area contributed by atoms with Gasteiger partial charge in [0.15, 0.2) is 0 Å². The van der Waals surface area contributed by atoms with Crippen LogP contribution in [0.1, 0.15) is 41.0 Å². The molecule has 0 unspecified atom stereocenters. The molecule has 2 N–H and O–H groups in total. The molecule has 0 aliphatic carbocycles. The van der Waals surface area contributed by atoms with E-state index < -0.39 is 32.4 Å². The van der Waals surface area contributed by atoms with Gasteiger partial charge in [-0.3, -0.25) is 4.79 Å². The average molecular weight is 445 g/mol. The Morgan fingerprint density at radius 3 is 1.87 bits per heavy atom. The first-order valence-corrected chi connectivity index (χ1v) is 12.8. The molecule has 3 atom stereocenters. The zero-order valence-corrected chi connectivity index (χ0v) is 20.2. The van der Waals surface area contributed by atoms with E-state index in [0.29, 0.717) is 0 Å². The Morgan fingerprint density at radius 1 is 0.968 bits per heavy atom. The summed E-state index contributed by atoms with van der Waals surface area (Å²) in [5, 5.41) is 23.1. The summed E-state index contributed by atoms with van der Waals surface area (Å²) in [6.45, 7) is 10.2. The molecule has 5 nitrogen and oxygen atoms in total. The molecule has 0 bridgehead atoms. The monoisotopic (exact) mass is 444 g/mol. The van der Waals surface area contributed by atoms with Crippen LogP contribution < -0.4 is 10.4 Å². The maximum atomic E-state index is 11.9. The third kappa shape index (κ3) is 6.04. The molecule has 0 saturated heterocycles. The van der Waals surface area contributed by atoms with E-state index in [1.165, 1.54) is 0 Å². The topological polar surface area (TPSA) is 76.0 Å². The average Bonchev–Trinajstić information content (AvgIpc) is 2.74. The van der Waals surface area contributed by atoms with E-state index in [4.69, 9.17) is 9.16 Å². The van der Waals surface area contributed by atoms with Gasteiger partial charge in [0.25, 0.3) is 8.32 Å². The van der Waals surface area contributed by atoms with Gasteiger partial charge in [-0.15, -0.1) is 0 Å². The number of esters is 1. The van der Waals surface area contributed by atoms with Crippen LogP contribution in [0.25, 0.3) is 0 Å². The van der Waals surface area contributed by atoms with E-state index >= 15 is 0 Å². The molecule has 0 radical (unpaired) electrons. The summed E-state index contributed by atoms with van der Waals surface area (Å²) < 4.78 is 11.7. The predicted molar refractivity (Wildman–Crippen MR) is 126 cm³/mol. The van der Waals surface area contributed by atoms with Crippen LogP contribution in [0, 0.1) is 5.92 Å². The lowest BCUT2D eigenvalue weighted by Gasteiger charge is -2.43. The standard InChI is InChI=1S/C25H36O5Si/c1-6-29-24(28)19(2)23(27)17-20(26)18-30-31(25(3,4)5,21-13-9-7-10-14-21)22-15-11-8-12-16-22/h7-16,19-20,23,26-27H,6,17-18H2,1-5H3/t19-,20+,23-/m1/s1. The normalized spacial score (nSPS) is 15.2. The van der Waals surface area contributed by atoms with Crippen LogP contribution in [0.2, 0.25) is 5.04 Å². The van der Waals surface area contributed by atoms with E-state index in [0.717, 1.165) is 10.4 Å². The second-order valence-corrected chi connectivity index (χ2v) is 13.3. The van der Waals surface area contributed by atoms with Gasteiger partial charge in [-0.25, -0.2) is 0 Å². The highest BCUT2D eigenvalue weighted by molar-refractivity contribution is 6.99. The fraction of sp³-hybridized carbons (Fsp3) is 0.480. The second-order valence-electron chi connectivity index (χ2n) is 8.97. The molecule has 31 heavy (non-hydrogen) atoms. The molecular weight excluding hydrogens is 408 g/mol. The Hall–Kier alpha value is -1.99. The molecule has 6 heteroatoms. The fourth-order valence-corrected chi connectivity index (χ4v) is 8.56. The molecule has 0 aliphatic rings. The van der Waals surface area contributed by atoms with E-state index in [1.54, 1.807) is 13.8 Å². The highest BCUT2D eigenvalue weighted by atomic mass is 28.4. The minimum atomic E-state index is -2.76. The zero-order chi connectivity index (χ0) is 23.1. The first-order chi connectivity index (χ1) is 14.6. The van der Waals surface area contributed by atoms with Crippen molar-refractivity contribution in [2.24, 2.45) is 5.92 Å². The number of aliphatic hydroxyl groups is 2. The van der Waals surface area contributed by atoms with Gasteiger partial charge in [0.2, 0.25) is 0 Å². The van der Waals surface area contributed by atoms with Crippen molar-refractivity contribution in [2.45, 2.75) is 58.3 Å². The third-order valence-corrected chi connectivity index (χ3v) is 10.7. The van der Waals surface area contributed by atoms with E-state index in [1.807, 2.05) is 36.4 Å². The van der Waals surface area contributed by atoms with E-state index in [9.17, 15) is 15.0 Å². The van der Waals surface area contributed by atoms with Crippen molar-refractivity contribution in [3.8, 4) is 0 Å². The predicted octanol–water partition coefficient (Wildman–Crippen LogP) is 2.87. The Morgan fingerprint density at radius 2 is 1.45 bits per heavy atom. The van der Waals surface area contributed by atoms with Gasteiger partial charge in [0.1, 0.15) is 0 Å². The molecule has 0 amide bonds. The SMILES string of the molecule is CCOC(=O)[C@H](C)[C@H](O)C[C@H](O)CO[Si](c1ccccc1)(c1ccccc1)C(C)(C)C. The Bertz CT molecular complexity index is 764. The van der Waals surface area contributed by atoms with Gasteiger partial charge in [0, 0.05) is 6.42 Å². The van der Waals surface area contributed by atoms with Gasteiger partial charge in [-0.05, 0) is 29.3 Å². The lowest BCUT2D eigenvalue weighted by molar-refractivity contribution is -0.151. The molecule has 2 aromatic rings. The summed E-state index contributed by atoms with van der Waals surface area (Å²) >= 11 is 0. The van der Waals surface area contributed by atoms with Crippen LogP contribution in [0.4, 0.5) is 0 Å². The summed E-state index contributed by atoms with van der Waals surface area (Å²) in [6, 6.07) is 20.4. The Kier molecular flexibility index (Phi) is 9.00. The molecule has 0 aliphatic heterocycles. The molecule has 0 spiro atoms. The Balaban J connectivity index is 2.28. The van der Waals surface area contributed by atoms with Gasteiger partial charge < -0.3 is 19.4 Å². The van der Waals surface area contributed by atoms with Crippen LogP contribution in [0.5, 0.6) is 0 Å². The maximum absolute atomic E-state index is 11.9. The smallest absolute Gasteiger partial charge is 0.311 e. The largest absolute Gasteiger partial charge is 0.466 e. The second kappa shape index (κ2) is 11.0. The molecule has 2 aromatic carbocycles. The molecular formula is C25H36O5Si. The van der Waals surface area contributed by atoms with Crippen molar-refractivity contribution in [3.63, 3.8) is 0 Å². The summed E-state index contributed by atoms with van der Waals surface area (Å²) in [5.74, 6) is -1.17. The van der Waals surface area contributed by atoms with Crippen molar-refractivity contribution >= 4 is 24.7 Å². The lowest BCUT2D eigenvalue weighted by Crippen LogP contribution is -2.67. The first-order valence-electron chi connectivity index (χ1n) is 10.9.